The van der Waals surface area contributed by atoms with Gasteiger partial charge < -0.3 is 24.6 Å². The number of carbonyl (C=O) groups excluding carboxylic acids is 1. The highest BCUT2D eigenvalue weighted by Crippen LogP contribution is 2.41. The molecular formula is C33H37FN4O6. The number of aromatic nitrogens is 3. The van der Waals surface area contributed by atoms with Crippen molar-refractivity contribution in [2.24, 2.45) is 0 Å². The first-order chi connectivity index (χ1) is 20.9. The second-order valence-corrected chi connectivity index (χ2v) is 11.9. The number of carboxylic acid groups (broad SMARTS) is 1. The Morgan fingerprint density at radius 2 is 1.91 bits per heavy atom. The van der Waals surface area contributed by atoms with E-state index in [9.17, 15) is 14.7 Å². The first-order valence-electron chi connectivity index (χ1n) is 14.5. The summed E-state index contributed by atoms with van der Waals surface area (Å²) in [6.07, 6.45) is 0.636. The van der Waals surface area contributed by atoms with Crippen LogP contribution in [0.15, 0.2) is 36.4 Å². The number of fused-ring (bicyclic) bond motifs is 2. The average Bonchev–Trinajstić information content (AvgIpc) is 3.37. The van der Waals surface area contributed by atoms with Gasteiger partial charge in [-0.3, -0.25) is 4.79 Å². The maximum atomic E-state index is 15.5. The summed E-state index contributed by atoms with van der Waals surface area (Å²) >= 11 is 0. The topological polar surface area (TPSA) is 124 Å². The van der Waals surface area contributed by atoms with Gasteiger partial charge in [0.05, 0.1) is 25.0 Å². The number of aryl methyl sites for hydroxylation is 2. The number of nitrogens with zero attached hydrogens (tertiary/aromatic N) is 3. The van der Waals surface area contributed by atoms with Crippen LogP contribution in [0.25, 0.3) is 16.9 Å². The van der Waals surface area contributed by atoms with Crippen molar-refractivity contribution in [3.05, 3.63) is 70.2 Å². The molecule has 0 saturated carbocycles. The molecule has 44 heavy (non-hydrogen) atoms. The molecular weight excluding hydrogens is 567 g/mol. The van der Waals surface area contributed by atoms with Crippen LogP contribution in [-0.2, 0) is 27.2 Å². The number of amides is 1. The fraction of sp³-hybridized carbons (Fsp3) is 0.394. The molecule has 1 atom stereocenters. The number of anilines is 1. The Hall–Kier alpha value is -4.51. The number of benzene rings is 2. The number of rotatable bonds is 9. The smallest absolute Gasteiger partial charge is 0.337 e. The largest absolute Gasteiger partial charge is 0.497 e. The van der Waals surface area contributed by atoms with Gasteiger partial charge in [0.15, 0.2) is 29.1 Å². The summed E-state index contributed by atoms with van der Waals surface area (Å²) in [5, 5.41) is 17.8. The lowest BCUT2D eigenvalue weighted by Gasteiger charge is -2.28. The number of hydrogen-bond donors (Lipinski definition) is 2. The van der Waals surface area contributed by atoms with E-state index in [-0.39, 0.29) is 29.5 Å². The second-order valence-electron chi connectivity index (χ2n) is 11.9. The highest BCUT2D eigenvalue weighted by molar-refractivity contribution is 5.91. The Balaban J connectivity index is 1.60. The van der Waals surface area contributed by atoms with Crippen LogP contribution in [-0.4, -0.2) is 50.9 Å². The molecule has 0 unspecified atom stereocenters. The van der Waals surface area contributed by atoms with E-state index in [1.54, 1.807) is 40.9 Å². The molecule has 1 amide bonds. The molecule has 2 aromatic heterocycles. The lowest BCUT2D eigenvalue weighted by atomic mass is 9.91. The summed E-state index contributed by atoms with van der Waals surface area (Å²) in [5.74, 6) is -0.832. The van der Waals surface area contributed by atoms with Gasteiger partial charge in [0, 0.05) is 34.9 Å². The molecule has 0 bridgehead atoms. The molecule has 1 aliphatic rings. The Morgan fingerprint density at radius 3 is 2.57 bits per heavy atom. The highest BCUT2D eigenvalue weighted by atomic mass is 19.1. The summed E-state index contributed by atoms with van der Waals surface area (Å²) < 4.78 is 33.9. The standard InChI is InChI=1S/C33H37FN4O6/c1-18-22-8-7-15-43-30(22)24(34)16-23(18)29-28(31(32(40)41)44-33(3,4)5)19(2)35-26-17-25(37-38(26)29)36-27(39)14-11-20-9-12-21(42-6)13-10-20/h9-10,12-13,16-17,31H,7-8,11,14-15H2,1-6H3,(H,40,41)(H,36,37,39)/t31-/m0/s1. The highest BCUT2D eigenvalue weighted by Gasteiger charge is 2.34. The van der Waals surface area contributed by atoms with E-state index in [2.05, 4.69) is 15.4 Å². The van der Waals surface area contributed by atoms with Crippen molar-refractivity contribution in [3.8, 4) is 22.8 Å². The maximum Gasteiger partial charge on any atom is 0.337 e. The maximum absolute atomic E-state index is 15.5. The zero-order valence-corrected chi connectivity index (χ0v) is 25.8. The lowest BCUT2D eigenvalue weighted by Crippen LogP contribution is -2.29. The minimum absolute atomic E-state index is 0.209. The van der Waals surface area contributed by atoms with Gasteiger partial charge in [0.1, 0.15) is 5.75 Å². The van der Waals surface area contributed by atoms with Gasteiger partial charge in [-0.05, 0) is 83.2 Å². The number of hydrogen-bond acceptors (Lipinski definition) is 7. The van der Waals surface area contributed by atoms with Crippen LogP contribution in [0.2, 0.25) is 0 Å². The van der Waals surface area contributed by atoms with Gasteiger partial charge in [0.2, 0.25) is 5.91 Å². The minimum atomic E-state index is -1.43. The summed E-state index contributed by atoms with van der Waals surface area (Å²) in [6, 6.07) is 10.4. The quantitative estimate of drug-likeness (QED) is 0.239. The predicted molar refractivity (Wildman–Crippen MR) is 163 cm³/mol. The Morgan fingerprint density at radius 1 is 1.18 bits per heavy atom. The normalized spacial score (nSPS) is 13.7. The van der Waals surface area contributed by atoms with Gasteiger partial charge in [0.25, 0.3) is 0 Å². The fourth-order valence-electron chi connectivity index (χ4n) is 5.51. The number of carboxylic acids is 1. The number of halogens is 1. The van der Waals surface area contributed by atoms with E-state index in [1.807, 2.05) is 31.2 Å². The van der Waals surface area contributed by atoms with Crippen molar-refractivity contribution in [2.45, 2.75) is 72.0 Å². The zero-order valence-electron chi connectivity index (χ0n) is 25.8. The van der Waals surface area contributed by atoms with Crippen LogP contribution in [0, 0.1) is 19.7 Å². The third kappa shape index (κ3) is 6.37. The molecule has 2 aromatic carbocycles. The van der Waals surface area contributed by atoms with Gasteiger partial charge in [-0.25, -0.2) is 18.7 Å². The molecule has 232 valence electrons. The molecule has 4 aromatic rings. The van der Waals surface area contributed by atoms with Crippen molar-refractivity contribution >= 4 is 23.3 Å². The number of aliphatic carboxylic acids is 1. The molecule has 1 aliphatic heterocycles. The fourth-order valence-corrected chi connectivity index (χ4v) is 5.51. The molecule has 0 saturated heterocycles. The molecule has 3 heterocycles. The van der Waals surface area contributed by atoms with E-state index >= 15 is 4.39 Å². The molecule has 10 nitrogen and oxygen atoms in total. The SMILES string of the molecule is COc1ccc(CCC(=O)Nc2cc3nc(C)c([C@H](OC(C)(C)C)C(=O)O)c(-c4cc(F)c5c(c4C)CCCO5)n3n2)cc1. The summed E-state index contributed by atoms with van der Waals surface area (Å²) in [5.41, 5.74) is 3.40. The van der Waals surface area contributed by atoms with Crippen LogP contribution in [0.3, 0.4) is 0 Å². The number of nitrogens with one attached hydrogen (secondary N) is 1. The number of methoxy groups -OCH3 is 1. The van der Waals surface area contributed by atoms with Crippen molar-refractivity contribution in [2.75, 3.05) is 19.0 Å². The van der Waals surface area contributed by atoms with Gasteiger partial charge in [-0.15, -0.1) is 5.10 Å². The Kier molecular flexibility index (Phi) is 8.60. The van der Waals surface area contributed by atoms with Crippen molar-refractivity contribution in [3.63, 3.8) is 0 Å². The minimum Gasteiger partial charge on any atom is -0.497 e. The van der Waals surface area contributed by atoms with Crippen LogP contribution in [0.4, 0.5) is 10.2 Å². The van der Waals surface area contributed by atoms with Crippen molar-refractivity contribution < 1.29 is 33.3 Å². The van der Waals surface area contributed by atoms with Crippen molar-refractivity contribution in [1.82, 2.24) is 14.6 Å². The molecule has 5 rings (SSSR count). The lowest BCUT2D eigenvalue weighted by molar-refractivity contribution is -0.160. The monoisotopic (exact) mass is 604 g/mol. The summed E-state index contributed by atoms with van der Waals surface area (Å²) in [7, 11) is 1.60. The van der Waals surface area contributed by atoms with Crippen LogP contribution in [0.5, 0.6) is 11.5 Å². The summed E-state index contributed by atoms with van der Waals surface area (Å²) in [6.45, 7) is 9.26. The molecule has 0 aliphatic carbocycles. The van der Waals surface area contributed by atoms with Gasteiger partial charge in [-0.2, -0.15) is 0 Å². The Labute approximate surface area is 255 Å². The van der Waals surface area contributed by atoms with E-state index in [0.29, 0.717) is 42.0 Å². The molecule has 2 N–H and O–H groups in total. The van der Waals surface area contributed by atoms with Gasteiger partial charge >= 0.3 is 5.97 Å². The van der Waals surface area contributed by atoms with E-state index in [0.717, 1.165) is 28.9 Å². The van der Waals surface area contributed by atoms with Crippen molar-refractivity contribution in [1.29, 1.82) is 0 Å². The van der Waals surface area contributed by atoms with Crippen LogP contribution >= 0.6 is 0 Å². The average molecular weight is 605 g/mol. The first-order valence-corrected chi connectivity index (χ1v) is 14.5. The molecule has 0 fully saturated rings. The third-order valence-electron chi connectivity index (χ3n) is 7.55. The molecule has 11 heteroatoms. The molecule has 0 radical (unpaired) electrons. The van der Waals surface area contributed by atoms with E-state index in [4.69, 9.17) is 14.2 Å². The first kappa shape index (κ1) is 30.9. The van der Waals surface area contributed by atoms with E-state index < -0.39 is 23.5 Å². The zero-order chi connectivity index (χ0) is 31.8. The number of carbonyl (C=O) groups is 2. The van der Waals surface area contributed by atoms with Crippen LogP contribution in [0.1, 0.15) is 67.7 Å². The molecule has 0 spiro atoms. The van der Waals surface area contributed by atoms with Gasteiger partial charge in [-0.1, -0.05) is 12.1 Å². The van der Waals surface area contributed by atoms with Crippen LogP contribution < -0.4 is 14.8 Å². The summed E-state index contributed by atoms with van der Waals surface area (Å²) in [4.78, 5) is 30.2. The number of ether oxygens (including phenoxy) is 3. The van der Waals surface area contributed by atoms with E-state index in [1.165, 1.54) is 10.6 Å². The third-order valence-corrected chi connectivity index (χ3v) is 7.55. The Bertz CT molecular complexity index is 1730. The second kappa shape index (κ2) is 12.2. The predicted octanol–water partition coefficient (Wildman–Crippen LogP) is 6.00.